The van der Waals surface area contributed by atoms with E-state index in [4.69, 9.17) is 0 Å². The molecule has 4 nitrogen and oxygen atoms in total. The zero-order chi connectivity index (χ0) is 19.8. The molecule has 0 spiro atoms. The number of benzene rings is 2. The molecule has 1 aliphatic rings. The van der Waals surface area contributed by atoms with Crippen LogP contribution < -0.4 is 10.2 Å². The summed E-state index contributed by atoms with van der Waals surface area (Å²) in [6, 6.07) is 8.41. The van der Waals surface area contributed by atoms with Gasteiger partial charge < -0.3 is 15.2 Å². The van der Waals surface area contributed by atoms with Crippen LogP contribution >= 0.6 is 0 Å². The average molecular weight is 387 g/mol. The number of rotatable bonds is 4. The molecule has 146 valence electrons. The van der Waals surface area contributed by atoms with Crippen molar-refractivity contribution in [3.05, 3.63) is 65.1 Å². The lowest BCUT2D eigenvalue weighted by Crippen LogP contribution is -2.31. The van der Waals surface area contributed by atoms with E-state index in [1.54, 1.807) is 19.1 Å². The van der Waals surface area contributed by atoms with Crippen LogP contribution in [0.2, 0.25) is 0 Å². The van der Waals surface area contributed by atoms with Crippen molar-refractivity contribution in [3.63, 3.8) is 0 Å². The van der Waals surface area contributed by atoms with Crippen molar-refractivity contribution in [1.29, 1.82) is 0 Å². The lowest BCUT2D eigenvalue weighted by atomic mass is 10.1. The van der Waals surface area contributed by atoms with Crippen molar-refractivity contribution in [2.75, 3.05) is 24.5 Å². The summed E-state index contributed by atoms with van der Waals surface area (Å²) >= 11 is 0. The Labute approximate surface area is 160 Å². The Hall–Kier alpha value is -2.96. The molecule has 0 aliphatic carbocycles. The number of carbonyl (C=O) groups is 1. The molecule has 3 aromatic rings. The molecule has 1 aromatic heterocycles. The van der Waals surface area contributed by atoms with Crippen LogP contribution in [0, 0.1) is 30.3 Å². The Morgan fingerprint density at radius 1 is 1.18 bits per heavy atom. The summed E-state index contributed by atoms with van der Waals surface area (Å²) in [6.45, 7) is 3.65. The van der Waals surface area contributed by atoms with E-state index in [0.717, 1.165) is 30.0 Å². The molecule has 1 unspecified atom stereocenters. The first-order valence-corrected chi connectivity index (χ1v) is 9.18. The first kappa shape index (κ1) is 18.4. The van der Waals surface area contributed by atoms with Crippen molar-refractivity contribution in [2.24, 2.45) is 5.92 Å². The summed E-state index contributed by atoms with van der Waals surface area (Å²) in [4.78, 5) is 17.4. The maximum absolute atomic E-state index is 13.5. The number of fused-ring (bicyclic) bond motifs is 1. The molecule has 2 aromatic carbocycles. The summed E-state index contributed by atoms with van der Waals surface area (Å²) in [7, 11) is 0. The second kappa shape index (κ2) is 7.22. The fourth-order valence-electron chi connectivity index (χ4n) is 3.74. The summed E-state index contributed by atoms with van der Waals surface area (Å²) in [5, 5.41) is 3.72. The second-order valence-corrected chi connectivity index (χ2v) is 7.28. The number of carbonyl (C=O) groups excluding carboxylic acids is 1. The molecular weight excluding hydrogens is 367 g/mol. The zero-order valence-electron chi connectivity index (χ0n) is 15.4. The average Bonchev–Trinajstić information content (AvgIpc) is 3.29. The van der Waals surface area contributed by atoms with Crippen molar-refractivity contribution in [3.8, 4) is 0 Å². The lowest BCUT2D eigenvalue weighted by Gasteiger charge is -2.19. The van der Waals surface area contributed by atoms with E-state index < -0.39 is 11.6 Å². The largest absolute Gasteiger partial charge is 0.371 e. The van der Waals surface area contributed by atoms with Crippen LogP contribution in [0.5, 0.6) is 0 Å². The first-order valence-electron chi connectivity index (χ1n) is 9.18. The van der Waals surface area contributed by atoms with Crippen LogP contribution in [0.4, 0.5) is 18.9 Å². The number of nitrogens with one attached hydrogen (secondary N) is 2. The monoisotopic (exact) mass is 387 g/mol. The number of halogens is 3. The Kier molecular flexibility index (Phi) is 4.75. The fourth-order valence-corrected chi connectivity index (χ4v) is 3.74. The maximum atomic E-state index is 13.5. The fraction of sp³-hybridized carbons (Fsp3) is 0.286. The minimum Gasteiger partial charge on any atom is -0.371 e. The number of aryl methyl sites for hydroxylation is 1. The van der Waals surface area contributed by atoms with Gasteiger partial charge in [-0.25, -0.2) is 13.2 Å². The van der Waals surface area contributed by atoms with E-state index in [2.05, 4.69) is 10.3 Å². The Bertz CT molecular complexity index is 1050. The minimum atomic E-state index is -0.861. The summed E-state index contributed by atoms with van der Waals surface area (Å²) < 4.78 is 40.0. The molecule has 0 bridgehead atoms. The first-order chi connectivity index (χ1) is 13.4. The third-order valence-corrected chi connectivity index (χ3v) is 5.26. The molecule has 28 heavy (non-hydrogen) atoms. The minimum absolute atomic E-state index is 0.209. The maximum Gasteiger partial charge on any atom is 0.267 e. The molecule has 0 saturated carbocycles. The SMILES string of the molecule is Cc1cc(F)cc2[nH]c(C(=O)NCC3CCN(c4ccc(F)c(F)c4)C3)cc12. The molecule has 2 heterocycles. The van der Waals surface area contributed by atoms with Gasteiger partial charge in [0.2, 0.25) is 0 Å². The van der Waals surface area contributed by atoms with Crippen LogP contribution in [0.25, 0.3) is 10.9 Å². The van der Waals surface area contributed by atoms with Crippen LogP contribution in [0.1, 0.15) is 22.5 Å². The third-order valence-electron chi connectivity index (χ3n) is 5.26. The molecule has 1 aliphatic heterocycles. The van der Waals surface area contributed by atoms with Crippen molar-refractivity contribution in [1.82, 2.24) is 10.3 Å². The van der Waals surface area contributed by atoms with Gasteiger partial charge in [-0.2, -0.15) is 0 Å². The smallest absolute Gasteiger partial charge is 0.267 e. The highest BCUT2D eigenvalue weighted by Gasteiger charge is 2.24. The quantitative estimate of drug-likeness (QED) is 0.707. The van der Waals surface area contributed by atoms with E-state index in [0.29, 0.717) is 30.0 Å². The van der Waals surface area contributed by atoms with Gasteiger partial charge in [-0.1, -0.05) is 0 Å². The number of hydrogen-bond donors (Lipinski definition) is 2. The predicted octanol–water partition coefficient (Wildman–Crippen LogP) is 4.15. The lowest BCUT2D eigenvalue weighted by molar-refractivity contribution is 0.0944. The highest BCUT2D eigenvalue weighted by atomic mass is 19.2. The van der Waals surface area contributed by atoms with Gasteiger partial charge in [0.25, 0.3) is 5.91 Å². The van der Waals surface area contributed by atoms with Gasteiger partial charge in [0.1, 0.15) is 11.5 Å². The molecular formula is C21H20F3N3O. The Balaban J connectivity index is 1.38. The van der Waals surface area contributed by atoms with E-state index in [1.165, 1.54) is 18.2 Å². The molecule has 1 fully saturated rings. The molecule has 1 saturated heterocycles. The topological polar surface area (TPSA) is 48.1 Å². The Morgan fingerprint density at radius 2 is 2.00 bits per heavy atom. The van der Waals surface area contributed by atoms with Gasteiger partial charge in [0, 0.05) is 42.3 Å². The van der Waals surface area contributed by atoms with Crippen LogP contribution in [-0.2, 0) is 0 Å². The summed E-state index contributed by atoms with van der Waals surface area (Å²) in [5.41, 5.74) is 2.39. The van der Waals surface area contributed by atoms with E-state index in [-0.39, 0.29) is 17.6 Å². The Morgan fingerprint density at radius 3 is 2.79 bits per heavy atom. The second-order valence-electron chi connectivity index (χ2n) is 7.28. The third kappa shape index (κ3) is 3.56. The van der Waals surface area contributed by atoms with Gasteiger partial charge in [0.15, 0.2) is 11.6 Å². The van der Waals surface area contributed by atoms with E-state index in [1.807, 2.05) is 4.90 Å². The van der Waals surface area contributed by atoms with Gasteiger partial charge in [-0.05, 0) is 55.2 Å². The number of aromatic nitrogens is 1. The molecule has 0 radical (unpaired) electrons. The summed E-state index contributed by atoms with van der Waals surface area (Å²) in [5.74, 6) is -2.11. The van der Waals surface area contributed by atoms with Crippen molar-refractivity contribution in [2.45, 2.75) is 13.3 Å². The number of amides is 1. The number of H-pyrrole nitrogens is 1. The van der Waals surface area contributed by atoms with Crippen molar-refractivity contribution >= 4 is 22.5 Å². The summed E-state index contributed by atoms with van der Waals surface area (Å²) in [6.07, 6.45) is 0.844. The van der Waals surface area contributed by atoms with Gasteiger partial charge in [0.05, 0.1) is 0 Å². The molecule has 2 N–H and O–H groups in total. The number of hydrogen-bond acceptors (Lipinski definition) is 2. The number of nitrogens with zero attached hydrogens (tertiary/aromatic N) is 1. The van der Waals surface area contributed by atoms with Crippen LogP contribution in [0.15, 0.2) is 36.4 Å². The molecule has 4 rings (SSSR count). The number of aromatic amines is 1. The highest BCUT2D eigenvalue weighted by Crippen LogP contribution is 2.25. The van der Waals surface area contributed by atoms with Gasteiger partial charge in [-0.15, -0.1) is 0 Å². The predicted molar refractivity (Wildman–Crippen MR) is 102 cm³/mol. The van der Waals surface area contributed by atoms with E-state index >= 15 is 0 Å². The van der Waals surface area contributed by atoms with Gasteiger partial charge in [-0.3, -0.25) is 4.79 Å². The molecule has 1 atom stereocenters. The normalized spacial score (nSPS) is 16.7. The van der Waals surface area contributed by atoms with Gasteiger partial charge >= 0.3 is 0 Å². The zero-order valence-corrected chi connectivity index (χ0v) is 15.4. The van der Waals surface area contributed by atoms with Crippen molar-refractivity contribution < 1.29 is 18.0 Å². The molecule has 1 amide bonds. The number of anilines is 1. The van der Waals surface area contributed by atoms with Crippen LogP contribution in [-0.4, -0.2) is 30.5 Å². The molecule has 7 heteroatoms. The standard InChI is InChI=1S/C21H20F3N3O/c1-12-6-14(22)7-19-16(12)9-20(26-19)21(28)25-10-13-4-5-27(11-13)15-2-3-17(23)18(24)8-15/h2-3,6-9,13,26H,4-5,10-11H2,1H3,(H,25,28). The van der Waals surface area contributed by atoms with E-state index in [9.17, 15) is 18.0 Å². The van der Waals surface area contributed by atoms with Crippen LogP contribution in [0.3, 0.4) is 0 Å². The highest BCUT2D eigenvalue weighted by molar-refractivity contribution is 5.98.